The number of carbonyl (C=O) groups is 1. The fourth-order valence-electron chi connectivity index (χ4n) is 1.01. The maximum atomic E-state index is 13.1. The first-order chi connectivity index (χ1) is 5.93. The molecule has 1 heterocycles. The van der Waals surface area contributed by atoms with Gasteiger partial charge in [0.15, 0.2) is 0 Å². The molecule has 0 aliphatic rings. The third-order valence-electron chi connectivity index (χ3n) is 1.57. The van der Waals surface area contributed by atoms with Crippen LogP contribution in [0.1, 0.15) is 12.1 Å². The number of alkyl halides is 2. The number of carboxylic acid groups (broad SMARTS) is 1. The van der Waals surface area contributed by atoms with Gasteiger partial charge in [-0.3, -0.25) is 9.48 Å². The first-order valence-corrected chi connectivity index (χ1v) is 3.51. The van der Waals surface area contributed by atoms with Gasteiger partial charge >= 0.3 is 5.97 Å². The maximum absolute atomic E-state index is 13.1. The van der Waals surface area contributed by atoms with Crippen LogP contribution in [-0.4, -0.2) is 20.9 Å². The van der Waals surface area contributed by atoms with Gasteiger partial charge in [-0.2, -0.15) is 13.9 Å². The number of hydrogen-bond acceptors (Lipinski definition) is 2. The molecule has 0 unspecified atom stereocenters. The summed E-state index contributed by atoms with van der Waals surface area (Å²) < 4.78 is 27.1. The monoisotopic (exact) mass is 190 g/mol. The van der Waals surface area contributed by atoms with E-state index in [9.17, 15) is 13.6 Å². The second kappa shape index (κ2) is 3.12. The van der Waals surface area contributed by atoms with Gasteiger partial charge in [0.2, 0.25) is 0 Å². The van der Waals surface area contributed by atoms with Crippen LogP contribution in [0.4, 0.5) is 8.78 Å². The van der Waals surface area contributed by atoms with Gasteiger partial charge in [0.1, 0.15) is 12.1 Å². The number of aryl methyl sites for hydroxylation is 1. The standard InChI is InChI=1S/C7H8F2N2O2/c1-11-5(2-3-10-11)7(8,9)4-6(12)13/h2-3H,4H2,1H3,(H,12,13). The van der Waals surface area contributed by atoms with Crippen molar-refractivity contribution >= 4 is 5.97 Å². The van der Waals surface area contributed by atoms with Crippen molar-refractivity contribution in [1.82, 2.24) is 9.78 Å². The Balaban J connectivity index is 2.93. The summed E-state index contributed by atoms with van der Waals surface area (Å²) >= 11 is 0. The molecule has 0 radical (unpaired) electrons. The van der Waals surface area contributed by atoms with E-state index in [-0.39, 0.29) is 0 Å². The van der Waals surface area contributed by atoms with Crippen LogP contribution in [0.5, 0.6) is 0 Å². The minimum absolute atomic E-state index is 0.394. The predicted octanol–water partition coefficient (Wildman–Crippen LogP) is 0.987. The third kappa shape index (κ3) is 2.01. The van der Waals surface area contributed by atoms with Gasteiger partial charge in [-0.25, -0.2) is 0 Å². The van der Waals surface area contributed by atoms with Gasteiger partial charge in [0, 0.05) is 13.2 Å². The zero-order valence-electron chi connectivity index (χ0n) is 6.87. The van der Waals surface area contributed by atoms with E-state index in [1.54, 1.807) is 0 Å². The van der Waals surface area contributed by atoms with Crippen LogP contribution >= 0.6 is 0 Å². The van der Waals surface area contributed by atoms with Crippen LogP contribution in [-0.2, 0) is 17.8 Å². The molecule has 0 aliphatic heterocycles. The van der Waals surface area contributed by atoms with Gasteiger partial charge in [-0.1, -0.05) is 0 Å². The van der Waals surface area contributed by atoms with E-state index < -0.39 is 24.0 Å². The van der Waals surface area contributed by atoms with Crippen LogP contribution in [0.15, 0.2) is 12.3 Å². The zero-order valence-corrected chi connectivity index (χ0v) is 6.87. The highest BCUT2D eigenvalue weighted by molar-refractivity contribution is 5.68. The Morgan fingerprint density at radius 2 is 2.38 bits per heavy atom. The van der Waals surface area contributed by atoms with E-state index in [0.29, 0.717) is 0 Å². The van der Waals surface area contributed by atoms with E-state index in [0.717, 1.165) is 10.7 Å². The van der Waals surface area contributed by atoms with Gasteiger partial charge in [0.25, 0.3) is 5.92 Å². The normalized spacial score (nSPS) is 11.6. The lowest BCUT2D eigenvalue weighted by Crippen LogP contribution is -2.21. The smallest absolute Gasteiger partial charge is 0.309 e. The van der Waals surface area contributed by atoms with Crippen molar-refractivity contribution in [3.8, 4) is 0 Å². The highest BCUT2D eigenvalue weighted by Gasteiger charge is 2.37. The second-order valence-electron chi connectivity index (χ2n) is 2.62. The SMILES string of the molecule is Cn1nccc1C(F)(F)CC(=O)O. The molecule has 4 nitrogen and oxygen atoms in total. The van der Waals surface area contributed by atoms with E-state index in [1.807, 2.05) is 0 Å². The van der Waals surface area contributed by atoms with Crippen LogP contribution in [0, 0.1) is 0 Å². The highest BCUT2D eigenvalue weighted by atomic mass is 19.3. The van der Waals surface area contributed by atoms with Gasteiger partial charge in [-0.15, -0.1) is 0 Å². The Bertz CT molecular complexity index is 322. The molecule has 1 aromatic heterocycles. The molecule has 0 aromatic carbocycles. The van der Waals surface area contributed by atoms with Gasteiger partial charge < -0.3 is 5.11 Å². The first kappa shape index (κ1) is 9.63. The van der Waals surface area contributed by atoms with Crippen LogP contribution < -0.4 is 0 Å². The van der Waals surface area contributed by atoms with Crippen molar-refractivity contribution in [2.75, 3.05) is 0 Å². The second-order valence-corrected chi connectivity index (χ2v) is 2.62. The Morgan fingerprint density at radius 1 is 1.77 bits per heavy atom. The van der Waals surface area contributed by atoms with Crippen molar-refractivity contribution < 1.29 is 18.7 Å². The molecule has 6 heteroatoms. The number of rotatable bonds is 3. The summed E-state index contributed by atoms with van der Waals surface area (Å²) in [6.07, 6.45) is -0.0162. The molecule has 0 fully saturated rings. The van der Waals surface area contributed by atoms with Gasteiger partial charge in [-0.05, 0) is 6.07 Å². The zero-order chi connectivity index (χ0) is 10.1. The number of nitrogens with zero attached hydrogens (tertiary/aromatic N) is 2. The van der Waals surface area contributed by atoms with E-state index in [1.165, 1.54) is 13.2 Å². The summed E-state index contributed by atoms with van der Waals surface area (Å²) in [6.45, 7) is 0. The average molecular weight is 190 g/mol. The molecule has 0 saturated heterocycles. The lowest BCUT2D eigenvalue weighted by atomic mass is 10.2. The molecule has 13 heavy (non-hydrogen) atoms. The number of hydrogen-bond donors (Lipinski definition) is 1. The maximum Gasteiger partial charge on any atom is 0.309 e. The van der Waals surface area contributed by atoms with E-state index in [2.05, 4.69) is 5.10 Å². The minimum Gasteiger partial charge on any atom is -0.481 e. The average Bonchev–Trinajstić information content (AvgIpc) is 2.32. The molecule has 0 bridgehead atoms. The quantitative estimate of drug-likeness (QED) is 0.773. The van der Waals surface area contributed by atoms with Crippen LogP contribution in [0.25, 0.3) is 0 Å². The molecule has 0 aliphatic carbocycles. The molecule has 1 rings (SSSR count). The van der Waals surface area contributed by atoms with E-state index in [4.69, 9.17) is 5.11 Å². The number of aromatic nitrogens is 2. The topological polar surface area (TPSA) is 55.1 Å². The molecule has 72 valence electrons. The highest BCUT2D eigenvalue weighted by Crippen LogP contribution is 2.30. The Morgan fingerprint density at radius 3 is 2.77 bits per heavy atom. The lowest BCUT2D eigenvalue weighted by Gasteiger charge is -2.13. The molecule has 0 atom stereocenters. The molecule has 0 amide bonds. The van der Waals surface area contributed by atoms with Crippen molar-refractivity contribution in [2.24, 2.45) is 7.05 Å². The van der Waals surface area contributed by atoms with Crippen molar-refractivity contribution in [1.29, 1.82) is 0 Å². The molecule has 0 saturated carbocycles. The van der Waals surface area contributed by atoms with Gasteiger partial charge in [0.05, 0.1) is 0 Å². The summed E-state index contributed by atoms with van der Waals surface area (Å²) in [5, 5.41) is 11.8. The molecule has 0 spiro atoms. The summed E-state index contributed by atoms with van der Waals surface area (Å²) in [5.41, 5.74) is -0.394. The van der Waals surface area contributed by atoms with Crippen molar-refractivity contribution in [2.45, 2.75) is 12.3 Å². The Kier molecular flexibility index (Phi) is 2.31. The number of halogens is 2. The lowest BCUT2D eigenvalue weighted by molar-refractivity contribution is -0.146. The van der Waals surface area contributed by atoms with Crippen molar-refractivity contribution in [3.63, 3.8) is 0 Å². The Hall–Kier alpha value is -1.46. The van der Waals surface area contributed by atoms with E-state index >= 15 is 0 Å². The Labute approximate surface area is 72.8 Å². The summed E-state index contributed by atoms with van der Waals surface area (Å²) in [7, 11) is 1.34. The predicted molar refractivity (Wildman–Crippen MR) is 39.4 cm³/mol. The molecule has 1 aromatic rings. The summed E-state index contributed by atoms with van der Waals surface area (Å²) in [4.78, 5) is 10.1. The fraction of sp³-hybridized carbons (Fsp3) is 0.429. The third-order valence-corrected chi connectivity index (χ3v) is 1.57. The summed E-state index contributed by atoms with van der Waals surface area (Å²) in [6, 6.07) is 1.10. The largest absolute Gasteiger partial charge is 0.481 e. The minimum atomic E-state index is -3.36. The number of aliphatic carboxylic acids is 1. The van der Waals surface area contributed by atoms with Crippen LogP contribution in [0.2, 0.25) is 0 Å². The fourth-order valence-corrected chi connectivity index (χ4v) is 1.01. The van der Waals surface area contributed by atoms with Crippen LogP contribution in [0.3, 0.4) is 0 Å². The van der Waals surface area contributed by atoms with Crippen molar-refractivity contribution in [3.05, 3.63) is 18.0 Å². The number of carboxylic acids is 1. The molecular weight excluding hydrogens is 182 g/mol. The molecule has 1 N–H and O–H groups in total. The summed E-state index contributed by atoms with van der Waals surface area (Å²) in [5.74, 6) is -4.90. The molecular formula is C7H8F2N2O2. The first-order valence-electron chi connectivity index (χ1n) is 3.51.